The summed E-state index contributed by atoms with van der Waals surface area (Å²) in [7, 11) is 0. The predicted octanol–water partition coefficient (Wildman–Crippen LogP) is 1.10. The van der Waals surface area contributed by atoms with Gasteiger partial charge in [0.25, 0.3) is 0 Å². The summed E-state index contributed by atoms with van der Waals surface area (Å²) in [6.07, 6.45) is 4.00. The van der Waals surface area contributed by atoms with Gasteiger partial charge in [-0.2, -0.15) is 5.10 Å². The van der Waals surface area contributed by atoms with Crippen molar-refractivity contribution < 1.29 is 0 Å². The summed E-state index contributed by atoms with van der Waals surface area (Å²) in [5.74, 6) is 0.951. The number of nitrogens with zero attached hydrogens (tertiary/aromatic N) is 3. The average Bonchev–Trinajstić information content (AvgIpc) is 2.14. The summed E-state index contributed by atoms with van der Waals surface area (Å²) in [5, 5.41) is 8.06. The van der Waals surface area contributed by atoms with Crippen molar-refractivity contribution in [3.63, 3.8) is 0 Å². The van der Waals surface area contributed by atoms with Crippen LogP contribution in [0.3, 0.4) is 0 Å². The molecule has 2 N–H and O–H groups in total. The fourth-order valence-electron chi connectivity index (χ4n) is 2.14. The number of hydrogen-bond acceptors (Lipinski definition) is 4. The summed E-state index contributed by atoms with van der Waals surface area (Å²) in [6, 6.07) is 2.05. The molecule has 1 saturated heterocycles. The van der Waals surface area contributed by atoms with Crippen molar-refractivity contribution in [2.45, 2.75) is 32.2 Å². The maximum atomic E-state index is 6.19. The molecule has 1 aliphatic rings. The van der Waals surface area contributed by atoms with Gasteiger partial charge in [-0.05, 0) is 25.0 Å². The molecule has 0 unspecified atom stereocenters. The lowest BCUT2D eigenvalue weighted by Crippen LogP contribution is -2.67. The molecular formula is C11H18N4. The molecular weight excluding hydrogens is 188 g/mol. The van der Waals surface area contributed by atoms with Gasteiger partial charge in [0, 0.05) is 13.1 Å². The Morgan fingerprint density at radius 1 is 1.53 bits per heavy atom. The van der Waals surface area contributed by atoms with Gasteiger partial charge in [-0.15, -0.1) is 5.10 Å². The third-order valence-electron chi connectivity index (χ3n) is 2.86. The highest BCUT2D eigenvalue weighted by molar-refractivity contribution is 5.44. The molecule has 0 atom stereocenters. The van der Waals surface area contributed by atoms with E-state index in [1.54, 1.807) is 6.20 Å². The van der Waals surface area contributed by atoms with Crippen LogP contribution in [-0.4, -0.2) is 28.8 Å². The second-order valence-electron chi connectivity index (χ2n) is 4.56. The van der Waals surface area contributed by atoms with Crippen molar-refractivity contribution in [1.82, 2.24) is 10.2 Å². The van der Waals surface area contributed by atoms with Gasteiger partial charge in [0.05, 0.1) is 11.7 Å². The molecule has 1 aromatic heterocycles. The highest BCUT2D eigenvalue weighted by atomic mass is 15.3. The van der Waals surface area contributed by atoms with Crippen molar-refractivity contribution in [2.75, 3.05) is 18.0 Å². The van der Waals surface area contributed by atoms with Crippen molar-refractivity contribution in [1.29, 1.82) is 0 Å². The van der Waals surface area contributed by atoms with Crippen LogP contribution in [0.25, 0.3) is 0 Å². The average molecular weight is 206 g/mol. The highest BCUT2D eigenvalue weighted by Gasteiger charge is 2.39. The molecule has 82 valence electrons. The van der Waals surface area contributed by atoms with Crippen LogP contribution < -0.4 is 10.6 Å². The van der Waals surface area contributed by atoms with E-state index in [2.05, 4.69) is 28.1 Å². The predicted molar refractivity (Wildman–Crippen MR) is 60.8 cm³/mol. The van der Waals surface area contributed by atoms with Crippen LogP contribution in [0.15, 0.2) is 12.3 Å². The fourth-order valence-corrected chi connectivity index (χ4v) is 2.14. The van der Waals surface area contributed by atoms with Crippen LogP contribution in [0, 0.1) is 6.92 Å². The van der Waals surface area contributed by atoms with Crippen LogP contribution in [0.1, 0.15) is 25.3 Å². The van der Waals surface area contributed by atoms with E-state index in [0.29, 0.717) is 0 Å². The van der Waals surface area contributed by atoms with E-state index in [0.717, 1.165) is 37.3 Å². The molecule has 0 radical (unpaired) electrons. The summed E-state index contributed by atoms with van der Waals surface area (Å²) in [5.41, 5.74) is 7.33. The molecule has 4 nitrogen and oxygen atoms in total. The van der Waals surface area contributed by atoms with Crippen molar-refractivity contribution in [3.8, 4) is 0 Å². The van der Waals surface area contributed by atoms with Gasteiger partial charge in [-0.25, -0.2) is 0 Å². The Balaban J connectivity index is 2.00. The third-order valence-corrected chi connectivity index (χ3v) is 2.86. The molecule has 1 aliphatic heterocycles. The summed E-state index contributed by atoms with van der Waals surface area (Å²) < 4.78 is 0. The number of hydrogen-bond donors (Lipinski definition) is 1. The molecule has 2 rings (SSSR count). The minimum atomic E-state index is 0.000175. The Hall–Kier alpha value is -1.16. The van der Waals surface area contributed by atoms with E-state index < -0.39 is 0 Å². The summed E-state index contributed by atoms with van der Waals surface area (Å²) >= 11 is 0. The molecule has 0 amide bonds. The van der Waals surface area contributed by atoms with Gasteiger partial charge in [0.15, 0.2) is 5.82 Å². The van der Waals surface area contributed by atoms with Crippen molar-refractivity contribution in [2.24, 2.45) is 5.73 Å². The fraction of sp³-hybridized carbons (Fsp3) is 0.636. The number of aryl methyl sites for hydroxylation is 1. The molecule has 2 heterocycles. The lowest BCUT2D eigenvalue weighted by atomic mass is 9.86. The molecule has 0 saturated carbocycles. The maximum absolute atomic E-state index is 6.19. The van der Waals surface area contributed by atoms with Crippen LogP contribution in [-0.2, 0) is 0 Å². The first-order valence-corrected chi connectivity index (χ1v) is 5.46. The number of anilines is 1. The SMILES string of the molecule is CCCC1(N)CN(c2cc(C)cnn2)C1. The standard InChI is InChI=1S/C11H18N4/c1-3-4-11(12)7-15(8-11)10-5-9(2)6-13-14-10/h5-6H,3-4,7-8,12H2,1-2H3. The van der Waals surface area contributed by atoms with Gasteiger partial charge >= 0.3 is 0 Å². The number of aromatic nitrogens is 2. The topological polar surface area (TPSA) is 55.0 Å². The Bertz CT molecular complexity index is 344. The van der Waals surface area contributed by atoms with Crippen LogP contribution in [0.4, 0.5) is 5.82 Å². The van der Waals surface area contributed by atoms with E-state index in [1.165, 1.54) is 0 Å². The molecule has 4 heteroatoms. The van der Waals surface area contributed by atoms with E-state index in [1.807, 2.05) is 6.92 Å². The van der Waals surface area contributed by atoms with Crippen LogP contribution in [0.2, 0.25) is 0 Å². The smallest absolute Gasteiger partial charge is 0.151 e. The second kappa shape index (κ2) is 3.77. The van der Waals surface area contributed by atoms with Gasteiger partial charge in [-0.1, -0.05) is 13.3 Å². The first-order valence-electron chi connectivity index (χ1n) is 5.46. The zero-order chi connectivity index (χ0) is 10.9. The first-order chi connectivity index (χ1) is 7.13. The minimum Gasteiger partial charge on any atom is -0.351 e. The summed E-state index contributed by atoms with van der Waals surface area (Å²) in [6.45, 7) is 6.00. The first kappa shape index (κ1) is 10.4. The van der Waals surface area contributed by atoms with Crippen molar-refractivity contribution >= 4 is 5.82 Å². The lowest BCUT2D eigenvalue weighted by molar-refractivity contribution is 0.305. The van der Waals surface area contributed by atoms with Crippen molar-refractivity contribution in [3.05, 3.63) is 17.8 Å². The Labute approximate surface area is 90.5 Å². The quantitative estimate of drug-likeness (QED) is 0.804. The Morgan fingerprint density at radius 2 is 2.27 bits per heavy atom. The molecule has 15 heavy (non-hydrogen) atoms. The second-order valence-corrected chi connectivity index (χ2v) is 4.56. The van der Waals surface area contributed by atoms with Crippen LogP contribution in [0.5, 0.6) is 0 Å². The van der Waals surface area contributed by atoms with E-state index in [9.17, 15) is 0 Å². The molecule has 1 fully saturated rings. The van der Waals surface area contributed by atoms with Gasteiger partial charge < -0.3 is 10.6 Å². The highest BCUT2D eigenvalue weighted by Crippen LogP contribution is 2.27. The largest absolute Gasteiger partial charge is 0.351 e. The molecule has 0 spiro atoms. The monoisotopic (exact) mass is 206 g/mol. The molecule has 1 aromatic rings. The zero-order valence-electron chi connectivity index (χ0n) is 9.40. The third kappa shape index (κ3) is 2.09. The van der Waals surface area contributed by atoms with E-state index in [-0.39, 0.29) is 5.54 Å². The van der Waals surface area contributed by atoms with Gasteiger partial charge in [0.1, 0.15) is 0 Å². The lowest BCUT2D eigenvalue weighted by Gasteiger charge is -2.48. The zero-order valence-corrected chi connectivity index (χ0v) is 9.40. The Kier molecular flexibility index (Phi) is 2.61. The van der Waals surface area contributed by atoms with Gasteiger partial charge in [0.2, 0.25) is 0 Å². The number of rotatable bonds is 3. The summed E-state index contributed by atoms with van der Waals surface area (Å²) in [4.78, 5) is 2.19. The maximum Gasteiger partial charge on any atom is 0.151 e. The molecule has 0 bridgehead atoms. The van der Waals surface area contributed by atoms with Gasteiger partial charge in [-0.3, -0.25) is 0 Å². The van der Waals surface area contributed by atoms with Crippen LogP contribution >= 0.6 is 0 Å². The normalized spacial score (nSPS) is 18.7. The van der Waals surface area contributed by atoms with E-state index >= 15 is 0 Å². The molecule has 0 aromatic carbocycles. The molecule has 0 aliphatic carbocycles. The number of nitrogens with two attached hydrogens (primary N) is 1. The minimum absolute atomic E-state index is 0.000175. The Morgan fingerprint density at radius 3 is 2.87 bits per heavy atom. The van der Waals surface area contributed by atoms with E-state index in [4.69, 9.17) is 5.73 Å².